The number of aromatic amines is 1. The van der Waals surface area contributed by atoms with Crippen molar-refractivity contribution in [3.63, 3.8) is 0 Å². The quantitative estimate of drug-likeness (QED) is 0.292. The highest BCUT2D eigenvalue weighted by molar-refractivity contribution is 5.06. The van der Waals surface area contributed by atoms with Crippen molar-refractivity contribution in [2.24, 2.45) is 0 Å². The van der Waals surface area contributed by atoms with Gasteiger partial charge in [-0.1, -0.05) is 5.57 Å². The molecule has 0 radical (unpaired) electrons. The van der Waals surface area contributed by atoms with Gasteiger partial charge in [-0.25, -0.2) is 4.79 Å². The predicted molar refractivity (Wildman–Crippen MR) is 85.5 cm³/mol. The molecular weight excluding hydrogens is 318 g/mol. The molecule has 0 aliphatic carbocycles. The normalized spacial score (nSPS) is 26.7. The van der Waals surface area contributed by atoms with Gasteiger partial charge in [0.1, 0.15) is 18.3 Å². The Labute approximate surface area is 138 Å². The molecule has 5 N–H and O–H groups in total. The lowest BCUT2D eigenvalue weighted by Gasteiger charge is -2.18. The van der Waals surface area contributed by atoms with E-state index in [1.54, 1.807) is 0 Å². The second kappa shape index (κ2) is 7.86. The summed E-state index contributed by atoms with van der Waals surface area (Å²) in [6, 6.07) is 0. The third kappa shape index (κ3) is 4.00. The summed E-state index contributed by atoms with van der Waals surface area (Å²) in [6.07, 6.45) is -2.86. The minimum Gasteiger partial charge on any atom is -0.394 e. The average molecular weight is 341 g/mol. The molecule has 0 bridgehead atoms. The lowest BCUT2D eigenvalue weighted by atomic mass is 10.1. The van der Waals surface area contributed by atoms with E-state index in [9.17, 15) is 19.8 Å². The SMILES string of the molecule is C=C(C)CCNCc1cn(C2OC(CO)C(O)C2O)c(=O)[nH]c1=O. The van der Waals surface area contributed by atoms with Crippen molar-refractivity contribution in [1.82, 2.24) is 14.9 Å². The number of aliphatic hydroxyl groups excluding tert-OH is 3. The molecule has 134 valence electrons. The molecule has 0 spiro atoms. The summed E-state index contributed by atoms with van der Waals surface area (Å²) in [5.74, 6) is 0. The van der Waals surface area contributed by atoms with E-state index in [1.807, 2.05) is 6.92 Å². The third-order valence-corrected chi connectivity index (χ3v) is 3.88. The highest BCUT2D eigenvalue weighted by atomic mass is 16.6. The number of nitrogens with one attached hydrogen (secondary N) is 2. The first-order valence-electron chi connectivity index (χ1n) is 7.67. The van der Waals surface area contributed by atoms with Crippen LogP contribution < -0.4 is 16.6 Å². The van der Waals surface area contributed by atoms with E-state index < -0.39 is 42.4 Å². The van der Waals surface area contributed by atoms with Gasteiger partial charge in [0.25, 0.3) is 5.56 Å². The topological polar surface area (TPSA) is 137 Å². The van der Waals surface area contributed by atoms with Gasteiger partial charge in [-0.05, 0) is 19.9 Å². The lowest BCUT2D eigenvalue weighted by Crippen LogP contribution is -2.39. The third-order valence-electron chi connectivity index (χ3n) is 3.88. The molecule has 1 aliphatic heterocycles. The van der Waals surface area contributed by atoms with E-state index in [1.165, 1.54) is 6.20 Å². The molecule has 1 fully saturated rings. The van der Waals surface area contributed by atoms with Crippen molar-refractivity contribution in [2.75, 3.05) is 13.2 Å². The van der Waals surface area contributed by atoms with Crippen LogP contribution in [0, 0.1) is 0 Å². The van der Waals surface area contributed by atoms with E-state index >= 15 is 0 Å². The first-order valence-corrected chi connectivity index (χ1v) is 7.67. The highest BCUT2D eigenvalue weighted by Crippen LogP contribution is 2.27. The number of aromatic nitrogens is 2. The number of rotatable bonds is 7. The second-order valence-electron chi connectivity index (χ2n) is 5.93. The Kier molecular flexibility index (Phi) is 6.08. The van der Waals surface area contributed by atoms with Crippen LogP contribution in [-0.2, 0) is 11.3 Å². The number of ether oxygens (including phenoxy) is 1. The molecular formula is C15H23N3O6. The summed E-state index contributed by atoms with van der Waals surface area (Å²) in [4.78, 5) is 26.0. The molecule has 2 heterocycles. The van der Waals surface area contributed by atoms with Crippen LogP contribution in [0.1, 0.15) is 25.1 Å². The van der Waals surface area contributed by atoms with E-state index in [0.29, 0.717) is 6.54 Å². The first kappa shape index (κ1) is 18.6. The molecule has 0 amide bonds. The molecule has 1 aliphatic rings. The Morgan fingerprint density at radius 2 is 2.12 bits per heavy atom. The molecule has 0 aromatic carbocycles. The Hall–Kier alpha value is -1.78. The van der Waals surface area contributed by atoms with Gasteiger partial charge in [-0.15, -0.1) is 6.58 Å². The highest BCUT2D eigenvalue weighted by Gasteiger charge is 2.43. The van der Waals surface area contributed by atoms with E-state index in [2.05, 4.69) is 16.9 Å². The number of nitrogens with zero attached hydrogens (tertiary/aromatic N) is 1. The van der Waals surface area contributed by atoms with Crippen LogP contribution in [0.2, 0.25) is 0 Å². The van der Waals surface area contributed by atoms with E-state index in [-0.39, 0.29) is 12.1 Å². The maximum absolute atomic E-state index is 12.0. The molecule has 1 aromatic heterocycles. The zero-order valence-electron chi connectivity index (χ0n) is 13.4. The molecule has 4 atom stereocenters. The van der Waals surface area contributed by atoms with Crippen LogP contribution in [0.4, 0.5) is 0 Å². The summed E-state index contributed by atoms with van der Waals surface area (Å²) < 4.78 is 6.33. The van der Waals surface area contributed by atoms with Crippen LogP contribution in [0.3, 0.4) is 0 Å². The van der Waals surface area contributed by atoms with Gasteiger partial charge >= 0.3 is 5.69 Å². The first-order chi connectivity index (χ1) is 11.3. The lowest BCUT2D eigenvalue weighted by molar-refractivity contribution is -0.0551. The van der Waals surface area contributed by atoms with Gasteiger partial charge in [0.2, 0.25) is 0 Å². The van der Waals surface area contributed by atoms with Crippen molar-refractivity contribution < 1.29 is 20.1 Å². The Balaban J connectivity index is 2.19. The van der Waals surface area contributed by atoms with Gasteiger partial charge in [0.15, 0.2) is 6.23 Å². The summed E-state index contributed by atoms with van der Waals surface area (Å²) in [6.45, 7) is 6.03. The largest absolute Gasteiger partial charge is 0.394 e. The van der Waals surface area contributed by atoms with E-state index in [4.69, 9.17) is 9.84 Å². The molecule has 1 saturated heterocycles. The fourth-order valence-corrected chi connectivity index (χ4v) is 2.48. The number of hydrogen-bond acceptors (Lipinski definition) is 7. The van der Waals surface area contributed by atoms with Crippen molar-refractivity contribution in [3.8, 4) is 0 Å². The molecule has 2 rings (SSSR count). The van der Waals surface area contributed by atoms with Crippen molar-refractivity contribution in [3.05, 3.63) is 44.8 Å². The standard InChI is InChI=1S/C15H23N3O6/c1-8(2)3-4-16-5-9-6-18(15(23)17-13(9)22)14-12(21)11(20)10(7-19)24-14/h6,10-12,14,16,19-21H,1,3-5,7H2,2H3,(H,17,22,23). The van der Waals surface area contributed by atoms with Crippen LogP contribution in [0.5, 0.6) is 0 Å². The van der Waals surface area contributed by atoms with Gasteiger partial charge in [0, 0.05) is 18.3 Å². The Morgan fingerprint density at radius 3 is 2.71 bits per heavy atom. The van der Waals surface area contributed by atoms with Crippen LogP contribution in [0.15, 0.2) is 27.9 Å². The van der Waals surface area contributed by atoms with Gasteiger partial charge in [0.05, 0.1) is 6.61 Å². The molecule has 0 saturated carbocycles. The fraction of sp³-hybridized carbons (Fsp3) is 0.600. The van der Waals surface area contributed by atoms with Crippen LogP contribution in [-0.4, -0.2) is 56.3 Å². The minimum absolute atomic E-state index is 0.220. The van der Waals surface area contributed by atoms with Crippen molar-refractivity contribution in [2.45, 2.75) is 44.4 Å². The van der Waals surface area contributed by atoms with Crippen molar-refractivity contribution in [1.29, 1.82) is 0 Å². The van der Waals surface area contributed by atoms with Gasteiger partial charge in [-0.3, -0.25) is 14.3 Å². The molecule has 24 heavy (non-hydrogen) atoms. The summed E-state index contributed by atoms with van der Waals surface area (Å²) in [5.41, 5.74) is -0.00621. The Bertz CT molecular complexity index is 697. The Morgan fingerprint density at radius 1 is 1.42 bits per heavy atom. The van der Waals surface area contributed by atoms with Gasteiger partial charge < -0.3 is 25.4 Å². The second-order valence-corrected chi connectivity index (χ2v) is 5.93. The van der Waals surface area contributed by atoms with E-state index in [0.717, 1.165) is 16.6 Å². The minimum atomic E-state index is -1.39. The number of aliphatic hydroxyl groups is 3. The fourth-order valence-electron chi connectivity index (χ4n) is 2.48. The maximum atomic E-state index is 12.0. The van der Waals surface area contributed by atoms with Crippen LogP contribution in [0.25, 0.3) is 0 Å². The van der Waals surface area contributed by atoms with Crippen LogP contribution >= 0.6 is 0 Å². The maximum Gasteiger partial charge on any atom is 0.330 e. The summed E-state index contributed by atoms with van der Waals surface area (Å²) in [5, 5.41) is 32.0. The smallest absolute Gasteiger partial charge is 0.330 e. The predicted octanol–water partition coefficient (Wildman–Crippen LogP) is -1.80. The monoisotopic (exact) mass is 341 g/mol. The molecule has 4 unspecified atom stereocenters. The molecule has 1 aromatic rings. The van der Waals surface area contributed by atoms with Gasteiger partial charge in [-0.2, -0.15) is 0 Å². The number of H-pyrrole nitrogens is 1. The molecule has 9 nitrogen and oxygen atoms in total. The average Bonchev–Trinajstić information content (AvgIpc) is 2.81. The zero-order chi connectivity index (χ0) is 17.9. The molecule has 9 heteroatoms. The number of hydrogen-bond donors (Lipinski definition) is 5. The van der Waals surface area contributed by atoms with Crippen molar-refractivity contribution >= 4 is 0 Å². The summed E-state index contributed by atoms with van der Waals surface area (Å²) in [7, 11) is 0. The zero-order valence-corrected chi connectivity index (χ0v) is 13.4. The summed E-state index contributed by atoms with van der Waals surface area (Å²) >= 11 is 0.